The van der Waals surface area contributed by atoms with Crippen LogP contribution in [0, 0.1) is 11.6 Å². The lowest BCUT2D eigenvalue weighted by molar-refractivity contribution is -0.154. The van der Waals surface area contributed by atoms with Crippen molar-refractivity contribution in [2.45, 2.75) is 6.18 Å². The van der Waals surface area contributed by atoms with Crippen molar-refractivity contribution in [3.8, 4) is 5.75 Å². The van der Waals surface area contributed by atoms with Crippen LogP contribution in [0.2, 0.25) is 0 Å². The Morgan fingerprint density at radius 1 is 1.07 bits per heavy atom. The van der Waals surface area contributed by atoms with Gasteiger partial charge in [-0.25, -0.2) is 8.78 Å². The first-order valence-electron chi connectivity index (χ1n) is 3.54. The molecule has 0 saturated heterocycles. The maximum Gasteiger partial charge on any atom is 0.422 e. The van der Waals surface area contributed by atoms with E-state index in [1.165, 1.54) is 0 Å². The van der Waals surface area contributed by atoms with Gasteiger partial charge in [0, 0.05) is 0 Å². The summed E-state index contributed by atoms with van der Waals surface area (Å²) in [7, 11) is 0. The minimum absolute atomic E-state index is 0.814. The number of alkyl halides is 3. The molecule has 0 N–H and O–H groups in total. The number of para-hydroxylation sites is 1. The molecular weight excluding hydrogens is 207 g/mol. The predicted molar refractivity (Wildman–Crippen MR) is 37.9 cm³/mol. The number of hydrogen-bond acceptors (Lipinski definition) is 1. The molecule has 0 radical (unpaired) electrons. The summed E-state index contributed by atoms with van der Waals surface area (Å²) in [6.07, 6.45) is -4.62. The summed E-state index contributed by atoms with van der Waals surface area (Å²) in [5, 5.41) is 0. The van der Waals surface area contributed by atoms with Gasteiger partial charge < -0.3 is 4.74 Å². The highest BCUT2D eigenvalue weighted by Gasteiger charge is 2.29. The smallest absolute Gasteiger partial charge is 0.422 e. The minimum atomic E-state index is -4.62. The van der Waals surface area contributed by atoms with Crippen LogP contribution in [-0.2, 0) is 0 Å². The topological polar surface area (TPSA) is 9.23 Å². The fourth-order valence-electron chi connectivity index (χ4n) is 0.774. The van der Waals surface area contributed by atoms with E-state index >= 15 is 0 Å². The first kappa shape index (κ1) is 10.7. The van der Waals surface area contributed by atoms with Gasteiger partial charge in [0.05, 0.1) is 0 Å². The number of hydrogen-bond donors (Lipinski definition) is 0. The van der Waals surface area contributed by atoms with Crippen LogP contribution < -0.4 is 4.74 Å². The van der Waals surface area contributed by atoms with Gasteiger partial charge in [-0.2, -0.15) is 13.2 Å². The Balaban J connectivity index is 2.77. The second-order valence-corrected chi connectivity index (χ2v) is 2.45. The maximum absolute atomic E-state index is 12.7. The molecule has 14 heavy (non-hydrogen) atoms. The standard InChI is InChI=1S/C8H5F5O/c9-5-2-1-3-6(10)7(5)14-4-8(11,12)13/h1-3H,4H2. The molecule has 0 aliphatic rings. The lowest BCUT2D eigenvalue weighted by Gasteiger charge is -2.09. The SMILES string of the molecule is Fc1cccc(F)c1OCC(F)(F)F. The summed E-state index contributed by atoms with van der Waals surface area (Å²) in [6.45, 7) is -1.72. The molecule has 0 spiro atoms. The van der Waals surface area contributed by atoms with Crippen LogP contribution in [0.25, 0.3) is 0 Å². The van der Waals surface area contributed by atoms with Gasteiger partial charge in [-0.3, -0.25) is 0 Å². The summed E-state index contributed by atoms with van der Waals surface area (Å²) >= 11 is 0. The van der Waals surface area contributed by atoms with Gasteiger partial charge in [-0.15, -0.1) is 0 Å². The average Bonchev–Trinajstić information content (AvgIpc) is 2.01. The fourth-order valence-corrected chi connectivity index (χ4v) is 0.774. The van der Waals surface area contributed by atoms with Crippen molar-refractivity contribution in [1.29, 1.82) is 0 Å². The summed E-state index contributed by atoms with van der Waals surface area (Å²) in [5.74, 6) is -3.33. The van der Waals surface area contributed by atoms with Gasteiger partial charge >= 0.3 is 6.18 Å². The van der Waals surface area contributed by atoms with Crippen molar-refractivity contribution in [3.05, 3.63) is 29.8 Å². The molecule has 0 amide bonds. The van der Waals surface area contributed by atoms with Crippen LogP contribution in [0.4, 0.5) is 22.0 Å². The highest BCUT2D eigenvalue weighted by atomic mass is 19.4. The maximum atomic E-state index is 12.7. The van der Waals surface area contributed by atoms with Crippen LogP contribution in [0.3, 0.4) is 0 Å². The molecule has 0 heterocycles. The number of benzene rings is 1. The number of halogens is 5. The second kappa shape index (κ2) is 3.81. The van der Waals surface area contributed by atoms with Crippen molar-refractivity contribution < 1.29 is 26.7 Å². The molecule has 0 bridgehead atoms. The molecule has 0 saturated carbocycles. The summed E-state index contributed by atoms with van der Waals surface area (Å²) in [6, 6.07) is 2.66. The van der Waals surface area contributed by atoms with E-state index in [0.717, 1.165) is 18.2 Å². The normalized spacial score (nSPS) is 11.5. The van der Waals surface area contributed by atoms with Crippen molar-refractivity contribution in [2.75, 3.05) is 6.61 Å². The third-order valence-electron chi connectivity index (χ3n) is 1.30. The highest BCUT2D eigenvalue weighted by Crippen LogP contribution is 2.23. The van der Waals surface area contributed by atoms with Gasteiger partial charge in [0.15, 0.2) is 24.0 Å². The molecule has 0 aromatic heterocycles. The molecule has 0 aliphatic heterocycles. The lowest BCUT2D eigenvalue weighted by Crippen LogP contribution is -2.20. The molecule has 78 valence electrons. The molecule has 1 aromatic carbocycles. The summed E-state index contributed by atoms with van der Waals surface area (Å²) in [4.78, 5) is 0. The van der Waals surface area contributed by atoms with E-state index < -0.39 is 30.2 Å². The number of rotatable bonds is 2. The molecule has 1 aromatic rings. The Morgan fingerprint density at radius 2 is 1.57 bits per heavy atom. The van der Waals surface area contributed by atoms with E-state index in [2.05, 4.69) is 4.74 Å². The van der Waals surface area contributed by atoms with Crippen LogP contribution >= 0.6 is 0 Å². The van der Waals surface area contributed by atoms with Crippen molar-refractivity contribution in [2.24, 2.45) is 0 Å². The van der Waals surface area contributed by atoms with E-state index in [1.54, 1.807) is 0 Å². The second-order valence-electron chi connectivity index (χ2n) is 2.45. The number of ether oxygens (including phenoxy) is 1. The van der Waals surface area contributed by atoms with Crippen molar-refractivity contribution >= 4 is 0 Å². The molecular formula is C8H5F5O. The monoisotopic (exact) mass is 212 g/mol. The molecule has 1 nitrogen and oxygen atoms in total. The summed E-state index contributed by atoms with van der Waals surface area (Å²) in [5.41, 5.74) is 0. The van der Waals surface area contributed by atoms with E-state index in [-0.39, 0.29) is 0 Å². The van der Waals surface area contributed by atoms with Crippen molar-refractivity contribution in [3.63, 3.8) is 0 Å². The predicted octanol–water partition coefficient (Wildman–Crippen LogP) is 2.91. The van der Waals surface area contributed by atoms with Gasteiger partial charge in [-0.1, -0.05) is 6.07 Å². The van der Waals surface area contributed by atoms with E-state index in [1.807, 2.05) is 0 Å². The van der Waals surface area contributed by atoms with Crippen molar-refractivity contribution in [1.82, 2.24) is 0 Å². The lowest BCUT2D eigenvalue weighted by atomic mass is 10.3. The zero-order valence-corrected chi connectivity index (χ0v) is 6.74. The van der Waals surface area contributed by atoms with Crippen LogP contribution in [0.15, 0.2) is 18.2 Å². The fraction of sp³-hybridized carbons (Fsp3) is 0.250. The van der Waals surface area contributed by atoms with Gasteiger partial charge in [-0.05, 0) is 12.1 Å². The molecule has 0 fully saturated rings. The molecule has 0 atom stereocenters. The van der Waals surface area contributed by atoms with Gasteiger partial charge in [0.2, 0.25) is 0 Å². The highest BCUT2D eigenvalue weighted by molar-refractivity contribution is 5.25. The van der Waals surface area contributed by atoms with E-state index in [9.17, 15) is 22.0 Å². The van der Waals surface area contributed by atoms with Crippen LogP contribution in [-0.4, -0.2) is 12.8 Å². The zero-order valence-electron chi connectivity index (χ0n) is 6.74. The largest absolute Gasteiger partial charge is 0.478 e. The molecule has 0 unspecified atom stereocenters. The molecule has 6 heteroatoms. The third-order valence-corrected chi connectivity index (χ3v) is 1.30. The van der Waals surface area contributed by atoms with E-state index in [0.29, 0.717) is 0 Å². The Bertz CT molecular complexity index is 300. The average molecular weight is 212 g/mol. The van der Waals surface area contributed by atoms with Gasteiger partial charge in [0.25, 0.3) is 0 Å². The molecule has 1 rings (SSSR count). The quantitative estimate of drug-likeness (QED) is 0.685. The Kier molecular flexibility index (Phi) is 2.93. The first-order chi connectivity index (χ1) is 6.40. The van der Waals surface area contributed by atoms with Gasteiger partial charge in [0.1, 0.15) is 0 Å². The Morgan fingerprint density at radius 3 is 2.00 bits per heavy atom. The molecule has 0 aliphatic carbocycles. The Labute approximate surface area is 76.1 Å². The Hall–Kier alpha value is -1.33. The third kappa shape index (κ3) is 2.86. The minimum Gasteiger partial charge on any atom is -0.478 e. The van der Waals surface area contributed by atoms with E-state index in [4.69, 9.17) is 0 Å². The zero-order chi connectivity index (χ0) is 10.8. The van der Waals surface area contributed by atoms with Crippen LogP contribution in [0.1, 0.15) is 0 Å². The summed E-state index contributed by atoms with van der Waals surface area (Å²) < 4.78 is 64.2. The van der Waals surface area contributed by atoms with Crippen LogP contribution in [0.5, 0.6) is 5.75 Å². The first-order valence-corrected chi connectivity index (χ1v) is 3.54.